The Morgan fingerprint density at radius 2 is 1.53 bits per heavy atom. The van der Waals surface area contributed by atoms with Crippen molar-refractivity contribution in [2.75, 3.05) is 7.05 Å². The summed E-state index contributed by atoms with van der Waals surface area (Å²) in [5.74, 6) is -0.779. The number of fused-ring (bicyclic) bond motifs is 1. The van der Waals surface area contributed by atoms with Gasteiger partial charge >= 0.3 is 12.4 Å². The standard InChI is InChI=1S/C23H16F6N4O/c1-32(13-14-10-15(22(24,25)26)12-16(11-14)23(27,28)29)21(34)20-31-18-8-5-9-30-19(18)33(20)17-6-3-2-4-7-17/h2-12H,13H2,1H3. The van der Waals surface area contributed by atoms with E-state index in [1.807, 2.05) is 0 Å². The van der Waals surface area contributed by atoms with E-state index < -0.39 is 35.9 Å². The molecule has 34 heavy (non-hydrogen) atoms. The number of benzene rings is 2. The van der Waals surface area contributed by atoms with Crippen molar-refractivity contribution in [1.82, 2.24) is 19.4 Å². The van der Waals surface area contributed by atoms with Crippen LogP contribution < -0.4 is 0 Å². The van der Waals surface area contributed by atoms with Crippen LogP contribution in [-0.2, 0) is 18.9 Å². The highest BCUT2D eigenvalue weighted by molar-refractivity contribution is 5.95. The average Bonchev–Trinajstić information content (AvgIpc) is 3.17. The molecule has 2 aromatic heterocycles. The lowest BCUT2D eigenvalue weighted by molar-refractivity contribution is -0.143. The monoisotopic (exact) mass is 478 g/mol. The van der Waals surface area contributed by atoms with E-state index in [1.165, 1.54) is 17.8 Å². The second kappa shape index (κ2) is 8.47. The number of alkyl halides is 6. The fraction of sp³-hybridized carbons (Fsp3) is 0.174. The first-order chi connectivity index (χ1) is 15.9. The number of aromatic nitrogens is 3. The molecular formula is C23H16F6N4O. The van der Waals surface area contributed by atoms with Crippen molar-refractivity contribution >= 4 is 17.1 Å². The van der Waals surface area contributed by atoms with Gasteiger partial charge in [0.15, 0.2) is 5.65 Å². The summed E-state index contributed by atoms with van der Waals surface area (Å²) in [7, 11) is 1.28. The number of hydrogen-bond donors (Lipinski definition) is 0. The van der Waals surface area contributed by atoms with Gasteiger partial charge in [-0.1, -0.05) is 18.2 Å². The highest BCUT2D eigenvalue weighted by Crippen LogP contribution is 2.36. The molecule has 11 heteroatoms. The largest absolute Gasteiger partial charge is 0.416 e. The molecule has 0 aliphatic heterocycles. The van der Waals surface area contributed by atoms with Crippen molar-refractivity contribution in [3.8, 4) is 5.69 Å². The molecule has 2 heterocycles. The molecule has 0 saturated carbocycles. The zero-order valence-electron chi connectivity index (χ0n) is 17.5. The van der Waals surface area contributed by atoms with Crippen molar-refractivity contribution < 1.29 is 31.1 Å². The van der Waals surface area contributed by atoms with Gasteiger partial charge in [0.05, 0.1) is 11.1 Å². The highest BCUT2D eigenvalue weighted by Gasteiger charge is 2.37. The molecule has 2 aromatic carbocycles. The summed E-state index contributed by atoms with van der Waals surface area (Å²) in [6, 6.07) is 13.2. The van der Waals surface area contributed by atoms with E-state index in [1.54, 1.807) is 42.5 Å². The quantitative estimate of drug-likeness (QED) is 0.352. The molecule has 0 saturated heterocycles. The molecule has 0 spiro atoms. The van der Waals surface area contributed by atoms with Crippen LogP contribution >= 0.6 is 0 Å². The van der Waals surface area contributed by atoms with E-state index in [0.717, 1.165) is 4.90 Å². The molecule has 0 fully saturated rings. The van der Waals surface area contributed by atoms with Gasteiger partial charge in [0.25, 0.3) is 5.91 Å². The first-order valence-corrected chi connectivity index (χ1v) is 9.88. The van der Waals surface area contributed by atoms with Crippen molar-refractivity contribution in [1.29, 1.82) is 0 Å². The van der Waals surface area contributed by atoms with Crippen LogP contribution in [0.25, 0.3) is 16.9 Å². The summed E-state index contributed by atoms with van der Waals surface area (Å²) in [6.45, 7) is -0.503. The molecule has 0 atom stereocenters. The Kier molecular flexibility index (Phi) is 5.80. The summed E-state index contributed by atoms with van der Waals surface area (Å²) in [5.41, 5.74) is -1.86. The number of amides is 1. The van der Waals surface area contributed by atoms with Crippen molar-refractivity contribution in [2.45, 2.75) is 18.9 Å². The van der Waals surface area contributed by atoms with Crippen LogP contribution in [0.2, 0.25) is 0 Å². The molecular weight excluding hydrogens is 462 g/mol. The molecule has 0 aliphatic carbocycles. The Bertz CT molecular complexity index is 1310. The highest BCUT2D eigenvalue weighted by atomic mass is 19.4. The number of carbonyl (C=O) groups excluding carboxylic acids is 1. The predicted molar refractivity (Wildman–Crippen MR) is 111 cm³/mol. The van der Waals surface area contributed by atoms with Crippen LogP contribution in [0, 0.1) is 0 Å². The van der Waals surface area contributed by atoms with Gasteiger partial charge in [-0.2, -0.15) is 26.3 Å². The number of para-hydroxylation sites is 1. The molecule has 0 bridgehead atoms. The molecule has 176 valence electrons. The third-order valence-corrected chi connectivity index (χ3v) is 5.04. The summed E-state index contributed by atoms with van der Waals surface area (Å²) in [6.07, 6.45) is -8.44. The number of nitrogens with zero attached hydrogens (tertiary/aromatic N) is 4. The smallest absolute Gasteiger partial charge is 0.335 e. The van der Waals surface area contributed by atoms with Crippen molar-refractivity contribution in [2.24, 2.45) is 0 Å². The van der Waals surface area contributed by atoms with Crippen LogP contribution in [0.15, 0.2) is 66.9 Å². The van der Waals surface area contributed by atoms with E-state index in [9.17, 15) is 31.1 Å². The van der Waals surface area contributed by atoms with Crippen LogP contribution in [0.4, 0.5) is 26.3 Å². The maximum atomic E-state index is 13.2. The lowest BCUT2D eigenvalue weighted by atomic mass is 10.0. The van der Waals surface area contributed by atoms with Crippen LogP contribution in [0.1, 0.15) is 27.3 Å². The Labute approximate surface area is 189 Å². The van der Waals surface area contributed by atoms with Crippen LogP contribution in [0.5, 0.6) is 0 Å². The van der Waals surface area contributed by atoms with Gasteiger partial charge in [0.2, 0.25) is 5.82 Å². The van der Waals surface area contributed by atoms with Gasteiger partial charge in [0.1, 0.15) is 5.52 Å². The normalized spacial score (nSPS) is 12.2. The van der Waals surface area contributed by atoms with Gasteiger partial charge in [0, 0.05) is 25.5 Å². The number of rotatable bonds is 4. The van der Waals surface area contributed by atoms with Crippen LogP contribution in [-0.4, -0.2) is 32.4 Å². The lowest BCUT2D eigenvalue weighted by Crippen LogP contribution is -2.29. The second-order valence-electron chi connectivity index (χ2n) is 7.53. The van der Waals surface area contributed by atoms with E-state index in [0.29, 0.717) is 29.0 Å². The number of carbonyl (C=O) groups is 1. The Morgan fingerprint density at radius 1 is 0.912 bits per heavy atom. The van der Waals surface area contributed by atoms with E-state index in [4.69, 9.17) is 0 Å². The predicted octanol–water partition coefficient (Wildman–Crippen LogP) is 5.73. The summed E-state index contributed by atoms with van der Waals surface area (Å²) in [4.78, 5) is 22.8. The van der Waals surface area contributed by atoms with Gasteiger partial charge in [-0.3, -0.25) is 9.36 Å². The van der Waals surface area contributed by atoms with Gasteiger partial charge in [-0.05, 0) is 48.0 Å². The minimum atomic E-state index is -4.98. The zero-order chi connectivity index (χ0) is 24.7. The molecule has 0 N–H and O–H groups in total. The third kappa shape index (κ3) is 4.59. The van der Waals surface area contributed by atoms with E-state index >= 15 is 0 Å². The molecule has 0 radical (unpaired) electrons. The summed E-state index contributed by atoms with van der Waals surface area (Å²) in [5, 5.41) is 0. The van der Waals surface area contributed by atoms with Crippen molar-refractivity contribution in [3.05, 3.63) is 89.4 Å². The number of pyridine rings is 1. The molecule has 4 rings (SSSR count). The van der Waals surface area contributed by atoms with E-state index in [-0.39, 0.29) is 17.5 Å². The fourth-order valence-corrected chi connectivity index (χ4v) is 3.50. The Morgan fingerprint density at radius 3 is 2.12 bits per heavy atom. The minimum absolute atomic E-state index is 0.0474. The number of imidazole rings is 1. The molecule has 1 amide bonds. The summed E-state index contributed by atoms with van der Waals surface area (Å²) >= 11 is 0. The fourth-order valence-electron chi connectivity index (χ4n) is 3.50. The van der Waals surface area contributed by atoms with E-state index in [2.05, 4.69) is 9.97 Å². The minimum Gasteiger partial charge on any atom is -0.335 e. The van der Waals surface area contributed by atoms with Crippen LogP contribution in [0.3, 0.4) is 0 Å². The van der Waals surface area contributed by atoms with Crippen molar-refractivity contribution in [3.63, 3.8) is 0 Å². The van der Waals surface area contributed by atoms with Gasteiger partial charge in [-0.25, -0.2) is 9.97 Å². The second-order valence-corrected chi connectivity index (χ2v) is 7.53. The average molecular weight is 478 g/mol. The molecule has 5 nitrogen and oxygen atoms in total. The third-order valence-electron chi connectivity index (χ3n) is 5.04. The van der Waals surface area contributed by atoms with Gasteiger partial charge < -0.3 is 4.90 Å². The first-order valence-electron chi connectivity index (χ1n) is 9.88. The number of hydrogen-bond acceptors (Lipinski definition) is 3. The first kappa shape index (κ1) is 23.3. The van der Waals surface area contributed by atoms with Gasteiger partial charge in [-0.15, -0.1) is 0 Å². The Balaban J connectivity index is 1.74. The topological polar surface area (TPSA) is 51.0 Å². The zero-order valence-corrected chi connectivity index (χ0v) is 17.5. The summed E-state index contributed by atoms with van der Waals surface area (Å²) < 4.78 is 80.6. The molecule has 0 unspecified atom stereocenters. The maximum Gasteiger partial charge on any atom is 0.416 e. The molecule has 4 aromatic rings. The molecule has 0 aliphatic rings. The maximum absolute atomic E-state index is 13.2. The lowest BCUT2D eigenvalue weighted by Gasteiger charge is -2.20. The number of halogens is 6. The Hall–Kier alpha value is -3.89. The SMILES string of the molecule is CN(Cc1cc(C(F)(F)F)cc(C(F)(F)F)c1)C(=O)c1nc2cccnc2n1-c1ccccc1.